The van der Waals surface area contributed by atoms with Gasteiger partial charge in [0, 0.05) is 12.6 Å². The molecule has 3 aromatic rings. The Morgan fingerprint density at radius 3 is 2.83 bits per heavy atom. The lowest BCUT2D eigenvalue weighted by molar-refractivity contribution is -0.141. The number of fused-ring (bicyclic) bond motifs is 1. The largest absolute Gasteiger partial charge is 0.480 e. The van der Waals surface area contributed by atoms with Crippen molar-refractivity contribution in [3.05, 3.63) is 57.1 Å². The summed E-state index contributed by atoms with van der Waals surface area (Å²) in [6.45, 7) is 0. The molecule has 0 bridgehead atoms. The van der Waals surface area contributed by atoms with E-state index in [-0.39, 0.29) is 12.0 Å². The van der Waals surface area contributed by atoms with E-state index in [9.17, 15) is 14.7 Å². The molecule has 3 heterocycles. The number of hydrogen-bond acceptors (Lipinski definition) is 7. The van der Waals surface area contributed by atoms with E-state index in [0.29, 0.717) is 15.2 Å². The third-order valence-corrected chi connectivity index (χ3v) is 4.67. The Hall–Kier alpha value is -3.07. The topological polar surface area (TPSA) is 100 Å². The fourth-order valence-electron chi connectivity index (χ4n) is 2.54. The minimum atomic E-state index is -0.993. The summed E-state index contributed by atoms with van der Waals surface area (Å²) in [7, 11) is 0. The van der Waals surface area contributed by atoms with Crippen molar-refractivity contribution in [2.75, 3.05) is 0 Å². The zero-order valence-electron chi connectivity index (χ0n) is 12.2. The molecule has 8 nitrogen and oxygen atoms in total. The molecule has 0 saturated heterocycles. The van der Waals surface area contributed by atoms with Gasteiger partial charge in [0.05, 0.1) is 5.71 Å². The molecule has 0 aliphatic carbocycles. The molecule has 1 aromatic carbocycles. The Kier molecular flexibility index (Phi) is 3.35. The molecule has 0 amide bonds. The van der Waals surface area contributed by atoms with E-state index in [0.717, 1.165) is 16.9 Å². The molecule has 120 valence electrons. The summed E-state index contributed by atoms with van der Waals surface area (Å²) in [6, 6.07) is 8.54. The summed E-state index contributed by atoms with van der Waals surface area (Å²) in [6.07, 6.45) is 3.03. The molecule has 0 radical (unpaired) electrons. The van der Waals surface area contributed by atoms with Gasteiger partial charge in [-0.25, -0.2) is 9.78 Å². The van der Waals surface area contributed by atoms with E-state index in [1.165, 1.54) is 22.1 Å². The highest BCUT2D eigenvalue weighted by Gasteiger charge is 2.32. The van der Waals surface area contributed by atoms with Gasteiger partial charge in [-0.05, 0) is 5.56 Å². The summed E-state index contributed by atoms with van der Waals surface area (Å²) < 4.78 is 1.53. The number of benzene rings is 1. The number of hydrazone groups is 1. The minimum Gasteiger partial charge on any atom is -0.480 e. The minimum absolute atomic E-state index is 0.269. The highest BCUT2D eigenvalue weighted by atomic mass is 32.1. The molecule has 0 fully saturated rings. The van der Waals surface area contributed by atoms with Crippen LogP contribution in [-0.2, 0) is 4.79 Å². The molecule has 0 saturated carbocycles. The van der Waals surface area contributed by atoms with Gasteiger partial charge >= 0.3 is 5.97 Å². The zero-order chi connectivity index (χ0) is 16.7. The molecule has 0 unspecified atom stereocenters. The molecule has 1 aliphatic heterocycles. The molecule has 2 aromatic heterocycles. The van der Waals surface area contributed by atoms with Gasteiger partial charge in [0.2, 0.25) is 4.96 Å². The second kappa shape index (κ2) is 5.53. The maximum Gasteiger partial charge on any atom is 0.328 e. The van der Waals surface area contributed by atoms with Crippen LogP contribution in [0.4, 0.5) is 0 Å². The van der Waals surface area contributed by atoms with Crippen LogP contribution in [0.5, 0.6) is 0 Å². The molecular formula is C15H11N5O3S. The van der Waals surface area contributed by atoms with Crippen LogP contribution in [0.15, 0.2) is 46.6 Å². The van der Waals surface area contributed by atoms with Crippen molar-refractivity contribution in [1.29, 1.82) is 0 Å². The van der Waals surface area contributed by atoms with Gasteiger partial charge in [0.25, 0.3) is 5.56 Å². The molecule has 1 aliphatic rings. The molecular weight excluding hydrogens is 330 g/mol. The number of aromatic nitrogens is 3. The third-order valence-electron chi connectivity index (χ3n) is 3.70. The number of aliphatic carboxylic acids is 1. The lowest BCUT2D eigenvalue weighted by atomic mass is 10.0. The highest BCUT2D eigenvalue weighted by molar-refractivity contribution is 7.14. The van der Waals surface area contributed by atoms with Crippen LogP contribution < -0.4 is 10.1 Å². The lowest BCUT2D eigenvalue weighted by Gasteiger charge is -2.14. The van der Waals surface area contributed by atoms with Gasteiger partial charge in [-0.2, -0.15) is 14.7 Å². The Morgan fingerprint density at radius 1 is 1.33 bits per heavy atom. The predicted octanol–water partition coefficient (Wildman–Crippen LogP) is 0.171. The maximum atomic E-state index is 12.2. The maximum absolute atomic E-state index is 12.2. The summed E-state index contributed by atoms with van der Waals surface area (Å²) in [5, 5.41) is 19.0. The first-order chi connectivity index (χ1) is 11.6. The fourth-order valence-corrected chi connectivity index (χ4v) is 3.39. The Bertz CT molecular complexity index is 1060. The quantitative estimate of drug-likeness (QED) is 0.729. The molecule has 9 heteroatoms. The highest BCUT2D eigenvalue weighted by Crippen LogP contribution is 2.20. The summed E-state index contributed by atoms with van der Waals surface area (Å²) in [5.41, 5.74) is 1.20. The Balaban J connectivity index is 1.79. The van der Waals surface area contributed by atoms with Crippen molar-refractivity contribution in [2.45, 2.75) is 12.5 Å². The van der Waals surface area contributed by atoms with E-state index in [1.807, 2.05) is 30.3 Å². The first-order valence-electron chi connectivity index (χ1n) is 7.12. The van der Waals surface area contributed by atoms with Crippen molar-refractivity contribution in [3.8, 4) is 0 Å². The van der Waals surface area contributed by atoms with E-state index in [4.69, 9.17) is 0 Å². The Morgan fingerprint density at radius 2 is 2.12 bits per heavy atom. The van der Waals surface area contributed by atoms with Crippen molar-refractivity contribution in [1.82, 2.24) is 19.6 Å². The van der Waals surface area contributed by atoms with Crippen molar-refractivity contribution < 1.29 is 9.90 Å². The number of hydrogen-bond donors (Lipinski definition) is 1. The summed E-state index contributed by atoms with van der Waals surface area (Å²) >= 11 is 1.15. The molecule has 0 spiro atoms. The van der Waals surface area contributed by atoms with Crippen LogP contribution in [0.25, 0.3) is 11.2 Å². The van der Waals surface area contributed by atoms with Crippen LogP contribution in [0.2, 0.25) is 0 Å². The van der Waals surface area contributed by atoms with E-state index < -0.39 is 12.0 Å². The SMILES string of the molecule is O=C(O)[C@H]1CC(c2ccccc2)=NN1/C=c1\sc2ncnn2c1=O. The monoisotopic (exact) mass is 341 g/mol. The Labute approximate surface area is 139 Å². The average Bonchev–Trinajstić information content (AvgIpc) is 3.27. The van der Waals surface area contributed by atoms with Gasteiger partial charge in [-0.15, -0.1) is 0 Å². The number of carbonyl (C=O) groups is 1. The van der Waals surface area contributed by atoms with Crippen LogP contribution in [-0.4, -0.2) is 42.4 Å². The third kappa shape index (κ3) is 2.35. The summed E-state index contributed by atoms with van der Waals surface area (Å²) in [4.78, 5) is 28.2. The predicted molar refractivity (Wildman–Crippen MR) is 87.7 cm³/mol. The fraction of sp³-hybridized carbons (Fsp3) is 0.133. The molecule has 24 heavy (non-hydrogen) atoms. The second-order valence-corrected chi connectivity index (χ2v) is 6.21. The average molecular weight is 341 g/mol. The van der Waals surface area contributed by atoms with Gasteiger partial charge in [-0.1, -0.05) is 41.7 Å². The number of nitrogens with zero attached hydrogens (tertiary/aromatic N) is 5. The smallest absolute Gasteiger partial charge is 0.328 e. The van der Waals surface area contributed by atoms with Crippen LogP contribution in [0.3, 0.4) is 0 Å². The van der Waals surface area contributed by atoms with Crippen molar-refractivity contribution in [2.24, 2.45) is 5.10 Å². The molecule has 4 rings (SSSR count). The van der Waals surface area contributed by atoms with Gasteiger partial charge < -0.3 is 5.11 Å². The first kappa shape index (κ1) is 14.5. The summed E-state index contributed by atoms with van der Waals surface area (Å²) in [5.74, 6) is -0.993. The van der Waals surface area contributed by atoms with E-state index >= 15 is 0 Å². The van der Waals surface area contributed by atoms with Crippen LogP contribution >= 0.6 is 11.3 Å². The number of carboxylic acids is 1. The van der Waals surface area contributed by atoms with E-state index in [1.54, 1.807) is 0 Å². The number of carboxylic acid groups (broad SMARTS) is 1. The van der Waals surface area contributed by atoms with Crippen molar-refractivity contribution in [3.63, 3.8) is 0 Å². The molecule has 1 atom stereocenters. The van der Waals surface area contributed by atoms with Crippen LogP contribution in [0, 0.1) is 0 Å². The first-order valence-corrected chi connectivity index (χ1v) is 7.93. The second-order valence-electron chi connectivity index (χ2n) is 5.21. The van der Waals surface area contributed by atoms with E-state index in [2.05, 4.69) is 15.2 Å². The number of rotatable bonds is 3. The normalized spacial score (nSPS) is 18.3. The van der Waals surface area contributed by atoms with Gasteiger partial charge in [0.15, 0.2) is 6.04 Å². The van der Waals surface area contributed by atoms with Gasteiger partial charge in [-0.3, -0.25) is 9.80 Å². The zero-order valence-corrected chi connectivity index (χ0v) is 13.1. The number of thiazole rings is 1. The lowest BCUT2D eigenvalue weighted by Crippen LogP contribution is -2.34. The van der Waals surface area contributed by atoms with Gasteiger partial charge in [0.1, 0.15) is 10.9 Å². The van der Waals surface area contributed by atoms with Crippen LogP contribution in [0.1, 0.15) is 12.0 Å². The van der Waals surface area contributed by atoms with Crippen molar-refractivity contribution >= 4 is 34.2 Å². The standard InChI is InChI=1S/C15H11N5O3S/c21-13-12(24-15-16-8-17-20(13)15)7-19-11(14(22)23)6-10(18-19)9-4-2-1-3-5-9/h1-5,7-8,11H,6H2,(H,22,23)/b12-7-/t11-/m1/s1. The molecule has 1 N–H and O–H groups in total.